The van der Waals surface area contributed by atoms with E-state index in [2.05, 4.69) is 4.90 Å². The fraction of sp³-hybridized carbons (Fsp3) is 0.333. The molecule has 0 aliphatic carbocycles. The SMILES string of the molecule is COc1ccc(SCCC(=O)N2CCN(c3nc4ccc(Cl)cc4s3)CC2)cc1. The van der Waals surface area contributed by atoms with Gasteiger partial charge in [0, 0.05) is 48.3 Å². The van der Waals surface area contributed by atoms with E-state index in [1.165, 1.54) is 0 Å². The van der Waals surface area contributed by atoms with E-state index < -0.39 is 0 Å². The molecule has 8 heteroatoms. The van der Waals surface area contributed by atoms with Crippen molar-refractivity contribution in [3.63, 3.8) is 0 Å². The lowest BCUT2D eigenvalue weighted by Gasteiger charge is -2.34. The second-order valence-electron chi connectivity index (χ2n) is 6.75. The van der Waals surface area contributed by atoms with E-state index in [0.29, 0.717) is 6.42 Å². The van der Waals surface area contributed by atoms with Gasteiger partial charge >= 0.3 is 0 Å². The first kappa shape index (κ1) is 20.3. The largest absolute Gasteiger partial charge is 0.497 e. The summed E-state index contributed by atoms with van der Waals surface area (Å²) < 4.78 is 6.27. The molecule has 2 aromatic carbocycles. The van der Waals surface area contributed by atoms with Gasteiger partial charge in [0.2, 0.25) is 5.91 Å². The van der Waals surface area contributed by atoms with Crippen molar-refractivity contribution < 1.29 is 9.53 Å². The summed E-state index contributed by atoms with van der Waals surface area (Å²) in [6.07, 6.45) is 0.552. The quantitative estimate of drug-likeness (QED) is 0.508. The molecule has 152 valence electrons. The Labute approximate surface area is 183 Å². The zero-order valence-electron chi connectivity index (χ0n) is 16.1. The lowest BCUT2D eigenvalue weighted by Crippen LogP contribution is -2.48. The lowest BCUT2D eigenvalue weighted by atomic mass is 10.3. The minimum Gasteiger partial charge on any atom is -0.497 e. The van der Waals surface area contributed by atoms with Crippen molar-refractivity contribution in [1.29, 1.82) is 0 Å². The Bertz CT molecular complexity index is 985. The smallest absolute Gasteiger partial charge is 0.223 e. The molecule has 1 saturated heterocycles. The van der Waals surface area contributed by atoms with Gasteiger partial charge in [-0.2, -0.15) is 0 Å². The fourth-order valence-electron chi connectivity index (χ4n) is 3.25. The molecule has 0 spiro atoms. The molecule has 0 atom stereocenters. The summed E-state index contributed by atoms with van der Waals surface area (Å²) >= 11 is 9.43. The summed E-state index contributed by atoms with van der Waals surface area (Å²) in [4.78, 5) is 22.6. The van der Waals surface area contributed by atoms with Crippen LogP contribution in [0, 0.1) is 0 Å². The number of nitrogens with zero attached hydrogens (tertiary/aromatic N) is 3. The van der Waals surface area contributed by atoms with Crippen molar-refractivity contribution in [1.82, 2.24) is 9.88 Å². The van der Waals surface area contributed by atoms with Crippen molar-refractivity contribution >= 4 is 56.0 Å². The highest BCUT2D eigenvalue weighted by Crippen LogP contribution is 2.31. The molecule has 4 rings (SSSR count). The number of rotatable bonds is 6. The Morgan fingerprint density at radius 1 is 1.17 bits per heavy atom. The van der Waals surface area contributed by atoms with Crippen molar-refractivity contribution in [3.8, 4) is 5.75 Å². The average molecular weight is 448 g/mol. The molecule has 1 fully saturated rings. The van der Waals surface area contributed by atoms with Gasteiger partial charge in [0.05, 0.1) is 17.3 Å². The molecule has 1 amide bonds. The summed E-state index contributed by atoms with van der Waals surface area (Å²) in [7, 11) is 1.66. The Morgan fingerprint density at radius 3 is 2.66 bits per heavy atom. The number of carbonyl (C=O) groups excluding carboxylic acids is 1. The van der Waals surface area contributed by atoms with Crippen LogP contribution in [0.2, 0.25) is 5.02 Å². The van der Waals surface area contributed by atoms with E-state index in [9.17, 15) is 4.79 Å². The first-order valence-corrected chi connectivity index (χ1v) is 11.7. The molecule has 0 unspecified atom stereocenters. The number of amides is 1. The number of thioether (sulfide) groups is 1. The molecule has 0 bridgehead atoms. The second-order valence-corrected chi connectivity index (χ2v) is 9.36. The number of fused-ring (bicyclic) bond motifs is 1. The van der Waals surface area contributed by atoms with E-state index >= 15 is 0 Å². The van der Waals surface area contributed by atoms with Crippen LogP contribution >= 0.6 is 34.7 Å². The van der Waals surface area contributed by atoms with Gasteiger partial charge in [0.1, 0.15) is 5.75 Å². The van der Waals surface area contributed by atoms with Gasteiger partial charge in [-0.15, -0.1) is 11.8 Å². The molecule has 3 aromatic rings. The number of thiazole rings is 1. The maximum Gasteiger partial charge on any atom is 0.223 e. The predicted octanol–water partition coefficient (Wildman–Crippen LogP) is 4.79. The molecule has 1 aromatic heterocycles. The first-order chi connectivity index (χ1) is 14.1. The highest BCUT2D eigenvalue weighted by atomic mass is 35.5. The van der Waals surface area contributed by atoms with Gasteiger partial charge in [0.25, 0.3) is 0 Å². The number of halogens is 1. The van der Waals surface area contributed by atoms with Gasteiger partial charge in [-0.05, 0) is 42.5 Å². The Kier molecular flexibility index (Phi) is 6.47. The summed E-state index contributed by atoms with van der Waals surface area (Å²) in [5.41, 5.74) is 0.975. The summed E-state index contributed by atoms with van der Waals surface area (Å²) in [5, 5.41) is 1.74. The monoisotopic (exact) mass is 447 g/mol. The van der Waals surface area contributed by atoms with Crippen LogP contribution in [-0.2, 0) is 4.79 Å². The predicted molar refractivity (Wildman–Crippen MR) is 122 cm³/mol. The fourth-order valence-corrected chi connectivity index (χ4v) is 5.39. The molecular formula is C21H22ClN3O2S2. The maximum absolute atomic E-state index is 12.6. The number of hydrogen-bond donors (Lipinski definition) is 0. The zero-order valence-corrected chi connectivity index (χ0v) is 18.5. The van der Waals surface area contributed by atoms with E-state index in [4.69, 9.17) is 21.3 Å². The van der Waals surface area contributed by atoms with Crippen molar-refractivity contribution in [2.45, 2.75) is 11.3 Å². The molecule has 0 saturated carbocycles. The highest BCUT2D eigenvalue weighted by Gasteiger charge is 2.23. The topological polar surface area (TPSA) is 45.7 Å². The lowest BCUT2D eigenvalue weighted by molar-refractivity contribution is -0.131. The average Bonchev–Trinajstić information content (AvgIpc) is 3.17. The third-order valence-electron chi connectivity index (χ3n) is 4.89. The van der Waals surface area contributed by atoms with Crippen LogP contribution in [0.5, 0.6) is 5.75 Å². The number of methoxy groups -OCH3 is 1. The minimum absolute atomic E-state index is 0.224. The van der Waals surface area contributed by atoms with Gasteiger partial charge in [-0.25, -0.2) is 4.98 Å². The summed E-state index contributed by atoms with van der Waals surface area (Å²) in [6.45, 7) is 3.10. The van der Waals surface area contributed by atoms with Crippen molar-refractivity contribution in [3.05, 3.63) is 47.5 Å². The standard InChI is InChI=1S/C21H22ClN3O2S2/c1-27-16-3-5-17(6-4-16)28-13-8-20(26)24-9-11-25(12-10-24)21-23-18-7-2-15(22)14-19(18)29-21/h2-7,14H,8-13H2,1H3. The maximum atomic E-state index is 12.6. The van der Waals surface area contributed by atoms with E-state index in [1.807, 2.05) is 47.4 Å². The molecule has 1 aliphatic heterocycles. The zero-order chi connectivity index (χ0) is 20.2. The molecule has 0 N–H and O–H groups in total. The number of aromatic nitrogens is 1. The highest BCUT2D eigenvalue weighted by molar-refractivity contribution is 7.99. The number of benzene rings is 2. The normalized spacial score (nSPS) is 14.4. The summed E-state index contributed by atoms with van der Waals surface area (Å²) in [6, 6.07) is 13.7. The summed E-state index contributed by atoms with van der Waals surface area (Å²) in [5.74, 6) is 1.85. The third kappa shape index (κ3) is 4.97. The minimum atomic E-state index is 0.224. The van der Waals surface area contributed by atoms with Crippen LogP contribution in [0.25, 0.3) is 10.2 Å². The second kappa shape index (κ2) is 9.24. The third-order valence-corrected chi connectivity index (χ3v) is 7.21. The molecule has 29 heavy (non-hydrogen) atoms. The van der Waals surface area contributed by atoms with Crippen LogP contribution in [0.15, 0.2) is 47.4 Å². The number of ether oxygens (including phenoxy) is 1. The first-order valence-electron chi connectivity index (χ1n) is 9.48. The number of hydrogen-bond acceptors (Lipinski definition) is 6. The molecular weight excluding hydrogens is 426 g/mol. The number of anilines is 1. The molecule has 2 heterocycles. The van der Waals surface area contributed by atoms with Crippen LogP contribution in [0.4, 0.5) is 5.13 Å². The van der Waals surface area contributed by atoms with E-state index in [0.717, 1.165) is 62.9 Å². The van der Waals surface area contributed by atoms with Gasteiger partial charge in [-0.1, -0.05) is 22.9 Å². The van der Waals surface area contributed by atoms with Crippen molar-refractivity contribution in [2.75, 3.05) is 43.9 Å². The number of piperazine rings is 1. The Balaban J connectivity index is 1.25. The van der Waals surface area contributed by atoms with Crippen LogP contribution in [0.1, 0.15) is 6.42 Å². The van der Waals surface area contributed by atoms with E-state index in [1.54, 1.807) is 30.2 Å². The van der Waals surface area contributed by atoms with Crippen LogP contribution in [0.3, 0.4) is 0 Å². The van der Waals surface area contributed by atoms with Gasteiger partial charge in [-0.3, -0.25) is 4.79 Å². The molecule has 5 nitrogen and oxygen atoms in total. The van der Waals surface area contributed by atoms with Crippen molar-refractivity contribution in [2.24, 2.45) is 0 Å². The molecule has 1 aliphatic rings. The van der Waals surface area contributed by atoms with Crippen LogP contribution < -0.4 is 9.64 Å². The molecule has 0 radical (unpaired) electrons. The van der Waals surface area contributed by atoms with Crippen LogP contribution in [-0.4, -0.2) is 54.8 Å². The van der Waals surface area contributed by atoms with Gasteiger partial charge in [0.15, 0.2) is 5.13 Å². The van der Waals surface area contributed by atoms with E-state index in [-0.39, 0.29) is 5.91 Å². The van der Waals surface area contributed by atoms with Gasteiger partial charge < -0.3 is 14.5 Å². The Morgan fingerprint density at radius 2 is 1.93 bits per heavy atom. The number of carbonyl (C=O) groups is 1. The Hall–Kier alpha value is -1.96.